The van der Waals surface area contributed by atoms with Crippen molar-refractivity contribution >= 4 is 17.3 Å². The quantitative estimate of drug-likeness (QED) is 0.532. The Morgan fingerprint density at radius 2 is 1.73 bits per heavy atom. The minimum atomic E-state index is -0.0714. The molecule has 2 rings (SSSR count). The molecule has 0 unspecified atom stereocenters. The number of carbonyl (C=O) groups is 1. The third-order valence-corrected chi connectivity index (χ3v) is 4.11. The van der Waals surface area contributed by atoms with Crippen LogP contribution in [0.25, 0.3) is 0 Å². The summed E-state index contributed by atoms with van der Waals surface area (Å²) < 4.78 is 5.80. The third kappa shape index (κ3) is 7.60. The van der Waals surface area contributed by atoms with Gasteiger partial charge in [0.2, 0.25) is 5.91 Å². The van der Waals surface area contributed by atoms with Crippen LogP contribution in [0.5, 0.6) is 5.75 Å². The highest BCUT2D eigenvalue weighted by Gasteiger charge is 2.03. The van der Waals surface area contributed by atoms with Gasteiger partial charge in [-0.15, -0.1) is 0 Å². The summed E-state index contributed by atoms with van der Waals surface area (Å²) >= 11 is 0. The lowest BCUT2D eigenvalue weighted by molar-refractivity contribution is -0.114. The number of ether oxygens (including phenoxy) is 1. The number of rotatable bonds is 11. The second-order valence-corrected chi connectivity index (χ2v) is 6.56. The van der Waals surface area contributed by atoms with Gasteiger partial charge in [-0.3, -0.25) is 4.79 Å². The Bertz CT molecular complexity index is 685. The smallest absolute Gasteiger partial charge is 0.243 e. The van der Waals surface area contributed by atoms with E-state index in [0.717, 1.165) is 35.7 Å². The highest BCUT2D eigenvalue weighted by Crippen LogP contribution is 2.18. The van der Waals surface area contributed by atoms with E-state index < -0.39 is 0 Å². The number of nitrogens with one attached hydrogen (secondary N) is 2. The highest BCUT2D eigenvalue weighted by molar-refractivity contribution is 5.93. The maximum atomic E-state index is 12.1. The Labute approximate surface area is 157 Å². The molecule has 0 spiro atoms. The summed E-state index contributed by atoms with van der Waals surface area (Å²) in [6.45, 7) is 5.18. The van der Waals surface area contributed by atoms with Crippen molar-refractivity contribution < 1.29 is 9.53 Å². The molecule has 0 radical (unpaired) electrons. The average Bonchev–Trinajstić information content (AvgIpc) is 2.63. The number of carbonyl (C=O) groups excluding carboxylic acids is 1. The zero-order valence-electron chi connectivity index (χ0n) is 15.9. The first-order valence-corrected chi connectivity index (χ1v) is 9.50. The van der Waals surface area contributed by atoms with Crippen molar-refractivity contribution in [2.75, 3.05) is 23.8 Å². The Morgan fingerprint density at radius 1 is 0.962 bits per heavy atom. The van der Waals surface area contributed by atoms with E-state index in [1.807, 2.05) is 55.5 Å². The van der Waals surface area contributed by atoms with Gasteiger partial charge in [0.1, 0.15) is 5.75 Å². The van der Waals surface area contributed by atoms with Crippen LogP contribution < -0.4 is 15.4 Å². The first-order valence-electron chi connectivity index (χ1n) is 9.50. The predicted octanol–water partition coefficient (Wildman–Crippen LogP) is 5.39. The van der Waals surface area contributed by atoms with Gasteiger partial charge in [0.25, 0.3) is 0 Å². The lowest BCUT2D eigenvalue weighted by atomic mass is 10.2. The van der Waals surface area contributed by atoms with Crippen LogP contribution in [0.2, 0.25) is 0 Å². The Kier molecular flexibility index (Phi) is 8.53. The number of aryl methyl sites for hydroxylation is 1. The molecule has 0 aliphatic heterocycles. The normalized spacial score (nSPS) is 10.4. The van der Waals surface area contributed by atoms with Gasteiger partial charge in [-0.05, 0) is 43.2 Å². The largest absolute Gasteiger partial charge is 0.494 e. The van der Waals surface area contributed by atoms with Crippen LogP contribution >= 0.6 is 0 Å². The van der Waals surface area contributed by atoms with Crippen LogP contribution in [0.3, 0.4) is 0 Å². The molecule has 0 saturated carbocycles. The van der Waals surface area contributed by atoms with Gasteiger partial charge in [0.15, 0.2) is 0 Å². The van der Waals surface area contributed by atoms with Gasteiger partial charge in [0, 0.05) is 17.4 Å². The molecule has 2 N–H and O–H groups in total. The molecule has 0 saturated heterocycles. The van der Waals surface area contributed by atoms with Crippen LogP contribution in [-0.2, 0) is 4.79 Å². The number of anilines is 2. The summed E-state index contributed by atoms with van der Waals surface area (Å²) in [5, 5.41) is 6.04. The molecule has 26 heavy (non-hydrogen) atoms. The van der Waals surface area contributed by atoms with E-state index in [4.69, 9.17) is 4.74 Å². The topological polar surface area (TPSA) is 50.4 Å². The van der Waals surface area contributed by atoms with Crippen LogP contribution in [-0.4, -0.2) is 19.1 Å². The second kappa shape index (κ2) is 11.2. The van der Waals surface area contributed by atoms with Gasteiger partial charge in [0.05, 0.1) is 13.2 Å². The maximum Gasteiger partial charge on any atom is 0.243 e. The van der Waals surface area contributed by atoms with Crippen LogP contribution in [0, 0.1) is 6.92 Å². The van der Waals surface area contributed by atoms with Crippen molar-refractivity contribution in [3.63, 3.8) is 0 Å². The summed E-state index contributed by atoms with van der Waals surface area (Å²) in [6.07, 6.45) is 6.12. The summed E-state index contributed by atoms with van der Waals surface area (Å²) in [5.41, 5.74) is 2.82. The molecule has 0 bridgehead atoms. The zero-order valence-corrected chi connectivity index (χ0v) is 15.9. The predicted molar refractivity (Wildman–Crippen MR) is 109 cm³/mol. The molecule has 1 amide bonds. The fourth-order valence-electron chi connectivity index (χ4n) is 2.70. The summed E-state index contributed by atoms with van der Waals surface area (Å²) in [6, 6.07) is 15.5. The molecule has 2 aromatic carbocycles. The molecule has 0 fully saturated rings. The number of amides is 1. The lowest BCUT2D eigenvalue weighted by Gasteiger charge is -2.10. The van der Waals surface area contributed by atoms with E-state index in [-0.39, 0.29) is 12.5 Å². The summed E-state index contributed by atoms with van der Waals surface area (Å²) in [4.78, 5) is 12.1. The standard InChI is InChI=1S/C22H30N2O2/c1-3-4-5-6-7-14-26-21-13-9-11-19(16-21)23-17-22(25)24-20-12-8-10-18(2)15-20/h8-13,15-16,23H,3-7,14,17H2,1-2H3,(H,24,25). The molecule has 0 aliphatic rings. The van der Waals surface area contributed by atoms with E-state index in [2.05, 4.69) is 17.6 Å². The van der Waals surface area contributed by atoms with E-state index in [1.54, 1.807) is 0 Å². The van der Waals surface area contributed by atoms with Gasteiger partial charge in [-0.2, -0.15) is 0 Å². The maximum absolute atomic E-state index is 12.1. The fraction of sp³-hybridized carbons (Fsp3) is 0.409. The molecule has 0 atom stereocenters. The van der Waals surface area contributed by atoms with Crippen molar-refractivity contribution in [2.45, 2.75) is 46.0 Å². The number of benzene rings is 2. The molecular weight excluding hydrogens is 324 g/mol. The Morgan fingerprint density at radius 3 is 2.54 bits per heavy atom. The van der Waals surface area contributed by atoms with Crippen molar-refractivity contribution in [2.24, 2.45) is 0 Å². The van der Waals surface area contributed by atoms with Crippen molar-refractivity contribution in [3.8, 4) is 5.75 Å². The number of hydrogen-bond acceptors (Lipinski definition) is 3. The minimum absolute atomic E-state index is 0.0714. The highest BCUT2D eigenvalue weighted by atomic mass is 16.5. The van der Waals surface area contributed by atoms with E-state index in [9.17, 15) is 4.79 Å². The van der Waals surface area contributed by atoms with E-state index >= 15 is 0 Å². The molecule has 0 aliphatic carbocycles. The lowest BCUT2D eigenvalue weighted by Crippen LogP contribution is -2.21. The van der Waals surface area contributed by atoms with Crippen LogP contribution in [0.15, 0.2) is 48.5 Å². The van der Waals surface area contributed by atoms with Crippen molar-refractivity contribution in [3.05, 3.63) is 54.1 Å². The molecular formula is C22H30N2O2. The average molecular weight is 354 g/mol. The van der Waals surface area contributed by atoms with Gasteiger partial charge in [-0.25, -0.2) is 0 Å². The zero-order chi connectivity index (χ0) is 18.6. The van der Waals surface area contributed by atoms with Gasteiger partial charge in [-0.1, -0.05) is 50.8 Å². The first-order chi connectivity index (χ1) is 12.7. The molecule has 140 valence electrons. The minimum Gasteiger partial charge on any atom is -0.494 e. The summed E-state index contributed by atoms with van der Waals surface area (Å²) in [5.74, 6) is 0.766. The Hall–Kier alpha value is -2.49. The molecule has 4 heteroatoms. The molecule has 2 aromatic rings. The number of unbranched alkanes of at least 4 members (excludes halogenated alkanes) is 4. The fourth-order valence-corrected chi connectivity index (χ4v) is 2.70. The van der Waals surface area contributed by atoms with E-state index in [1.165, 1.54) is 25.7 Å². The molecule has 4 nitrogen and oxygen atoms in total. The summed E-state index contributed by atoms with van der Waals surface area (Å²) in [7, 11) is 0. The van der Waals surface area contributed by atoms with E-state index in [0.29, 0.717) is 0 Å². The van der Waals surface area contributed by atoms with Crippen molar-refractivity contribution in [1.29, 1.82) is 0 Å². The Balaban J connectivity index is 1.73. The van der Waals surface area contributed by atoms with Gasteiger partial charge < -0.3 is 15.4 Å². The monoisotopic (exact) mass is 354 g/mol. The van der Waals surface area contributed by atoms with Crippen molar-refractivity contribution in [1.82, 2.24) is 0 Å². The molecule has 0 heterocycles. The third-order valence-electron chi connectivity index (χ3n) is 4.11. The van der Waals surface area contributed by atoms with Crippen LogP contribution in [0.4, 0.5) is 11.4 Å². The van der Waals surface area contributed by atoms with Crippen LogP contribution in [0.1, 0.15) is 44.6 Å². The molecule has 0 aromatic heterocycles. The second-order valence-electron chi connectivity index (χ2n) is 6.56. The number of hydrogen-bond donors (Lipinski definition) is 2. The SMILES string of the molecule is CCCCCCCOc1cccc(NCC(=O)Nc2cccc(C)c2)c1. The van der Waals surface area contributed by atoms with Gasteiger partial charge >= 0.3 is 0 Å². The first kappa shape index (κ1) is 19.8.